The lowest BCUT2D eigenvalue weighted by Crippen LogP contribution is -2.23. The van der Waals surface area contributed by atoms with Crippen LogP contribution in [0, 0.1) is 0 Å². The number of nitrogens with one attached hydrogen (secondary N) is 1. The summed E-state index contributed by atoms with van der Waals surface area (Å²) < 4.78 is 5.23. The van der Waals surface area contributed by atoms with E-state index >= 15 is 0 Å². The van der Waals surface area contributed by atoms with Gasteiger partial charge in [0, 0.05) is 18.4 Å². The SMILES string of the molecule is O=C(NCc1ccco1)c1cncc(N2CCc3ccccc32)c1. The molecule has 2 aromatic heterocycles. The molecule has 1 aromatic carbocycles. The van der Waals surface area contributed by atoms with Crippen LogP contribution in [0.1, 0.15) is 21.7 Å². The van der Waals surface area contributed by atoms with Gasteiger partial charge in [-0.3, -0.25) is 9.78 Å². The molecule has 3 aromatic rings. The maximum Gasteiger partial charge on any atom is 0.253 e. The zero-order valence-electron chi connectivity index (χ0n) is 13.1. The Morgan fingerprint density at radius 1 is 1.21 bits per heavy atom. The van der Waals surface area contributed by atoms with Crippen LogP contribution in [0.4, 0.5) is 11.4 Å². The number of carbonyl (C=O) groups excluding carboxylic acids is 1. The standard InChI is InChI=1S/C19H17N3O2/c23-19(21-13-17-5-3-9-24-17)15-10-16(12-20-11-15)22-8-7-14-4-1-2-6-18(14)22/h1-6,9-12H,7-8,13H2,(H,21,23). The molecule has 1 aliphatic rings. The molecule has 5 nitrogen and oxygen atoms in total. The quantitative estimate of drug-likeness (QED) is 0.801. The van der Waals surface area contributed by atoms with Crippen LogP contribution in [0.2, 0.25) is 0 Å². The number of furan rings is 1. The second-order valence-corrected chi connectivity index (χ2v) is 5.72. The molecule has 0 fully saturated rings. The number of fused-ring (bicyclic) bond motifs is 1. The Bertz CT molecular complexity index is 859. The zero-order chi connectivity index (χ0) is 16.4. The van der Waals surface area contributed by atoms with Gasteiger partial charge in [-0.25, -0.2) is 0 Å². The van der Waals surface area contributed by atoms with Crippen LogP contribution in [-0.2, 0) is 13.0 Å². The second kappa shape index (κ2) is 6.20. The van der Waals surface area contributed by atoms with Gasteiger partial charge in [-0.2, -0.15) is 0 Å². The molecule has 0 spiro atoms. The molecule has 0 unspecified atom stereocenters. The molecule has 120 valence electrons. The molecule has 1 aliphatic heterocycles. The summed E-state index contributed by atoms with van der Waals surface area (Å²) in [5, 5.41) is 2.85. The third-order valence-electron chi connectivity index (χ3n) is 4.19. The molecule has 0 saturated carbocycles. The van der Waals surface area contributed by atoms with E-state index in [1.165, 1.54) is 11.3 Å². The van der Waals surface area contributed by atoms with Gasteiger partial charge < -0.3 is 14.6 Å². The number of hydrogen-bond donors (Lipinski definition) is 1. The van der Waals surface area contributed by atoms with Crippen LogP contribution in [-0.4, -0.2) is 17.4 Å². The van der Waals surface area contributed by atoms with Gasteiger partial charge in [0.05, 0.1) is 30.3 Å². The summed E-state index contributed by atoms with van der Waals surface area (Å²) in [4.78, 5) is 18.8. The van der Waals surface area contributed by atoms with Crippen molar-refractivity contribution in [2.75, 3.05) is 11.4 Å². The molecule has 0 saturated heterocycles. The van der Waals surface area contributed by atoms with Crippen LogP contribution in [0.15, 0.2) is 65.5 Å². The molecule has 4 rings (SSSR count). The monoisotopic (exact) mass is 319 g/mol. The summed E-state index contributed by atoms with van der Waals surface area (Å²) >= 11 is 0. The minimum absolute atomic E-state index is 0.159. The van der Waals surface area contributed by atoms with Gasteiger partial charge in [0.2, 0.25) is 0 Å². The molecule has 0 bridgehead atoms. The lowest BCUT2D eigenvalue weighted by atomic mass is 10.2. The van der Waals surface area contributed by atoms with Gasteiger partial charge in [-0.1, -0.05) is 18.2 Å². The Balaban J connectivity index is 1.53. The first kappa shape index (κ1) is 14.5. The third-order valence-corrected chi connectivity index (χ3v) is 4.19. The van der Waals surface area contributed by atoms with Gasteiger partial charge in [-0.05, 0) is 36.2 Å². The number of hydrogen-bond acceptors (Lipinski definition) is 4. The van der Waals surface area contributed by atoms with Crippen molar-refractivity contribution >= 4 is 17.3 Å². The van der Waals surface area contributed by atoms with Crippen molar-refractivity contribution in [1.29, 1.82) is 0 Å². The zero-order valence-corrected chi connectivity index (χ0v) is 13.1. The van der Waals surface area contributed by atoms with E-state index in [2.05, 4.69) is 33.4 Å². The summed E-state index contributed by atoms with van der Waals surface area (Å²) in [6, 6.07) is 13.8. The predicted molar refractivity (Wildman–Crippen MR) is 91.3 cm³/mol. The molecule has 0 aliphatic carbocycles. The molecular formula is C19H17N3O2. The fourth-order valence-electron chi connectivity index (χ4n) is 2.99. The van der Waals surface area contributed by atoms with E-state index in [1.807, 2.05) is 18.2 Å². The van der Waals surface area contributed by atoms with Crippen LogP contribution in [0.25, 0.3) is 0 Å². The Morgan fingerprint density at radius 3 is 3.00 bits per heavy atom. The fraction of sp³-hybridized carbons (Fsp3) is 0.158. The highest BCUT2D eigenvalue weighted by molar-refractivity contribution is 5.95. The minimum atomic E-state index is -0.159. The van der Waals surface area contributed by atoms with Crippen molar-refractivity contribution < 1.29 is 9.21 Å². The van der Waals surface area contributed by atoms with Gasteiger partial charge in [0.1, 0.15) is 5.76 Å². The number of pyridine rings is 1. The highest BCUT2D eigenvalue weighted by Crippen LogP contribution is 2.34. The first-order valence-electron chi connectivity index (χ1n) is 7.92. The summed E-state index contributed by atoms with van der Waals surface area (Å²) in [6.07, 6.45) is 5.98. The maximum absolute atomic E-state index is 12.3. The first-order chi connectivity index (χ1) is 11.8. The van der Waals surface area contributed by atoms with Gasteiger partial charge in [-0.15, -0.1) is 0 Å². The number of rotatable bonds is 4. The summed E-state index contributed by atoms with van der Waals surface area (Å²) in [5.41, 5.74) is 3.99. The Labute approximate surface area is 139 Å². The topological polar surface area (TPSA) is 58.4 Å². The Kier molecular flexibility index (Phi) is 3.75. The minimum Gasteiger partial charge on any atom is -0.467 e. The first-order valence-corrected chi connectivity index (χ1v) is 7.92. The van der Waals surface area contributed by atoms with Crippen molar-refractivity contribution in [3.63, 3.8) is 0 Å². The second-order valence-electron chi connectivity index (χ2n) is 5.72. The number of amides is 1. The van der Waals surface area contributed by atoms with E-state index in [1.54, 1.807) is 24.7 Å². The highest BCUT2D eigenvalue weighted by atomic mass is 16.3. The average Bonchev–Trinajstić information content (AvgIpc) is 3.29. The van der Waals surface area contributed by atoms with E-state index in [4.69, 9.17) is 4.42 Å². The molecule has 1 amide bonds. The van der Waals surface area contributed by atoms with Crippen LogP contribution in [0.3, 0.4) is 0 Å². The lowest BCUT2D eigenvalue weighted by molar-refractivity contribution is 0.0947. The summed E-state index contributed by atoms with van der Waals surface area (Å²) in [5.74, 6) is 0.564. The van der Waals surface area contributed by atoms with Crippen LogP contribution >= 0.6 is 0 Å². The number of benzene rings is 1. The summed E-state index contributed by atoms with van der Waals surface area (Å²) in [7, 11) is 0. The van der Waals surface area contributed by atoms with E-state index in [0.29, 0.717) is 12.1 Å². The smallest absolute Gasteiger partial charge is 0.253 e. The van der Waals surface area contributed by atoms with Crippen molar-refractivity contribution in [1.82, 2.24) is 10.3 Å². The largest absolute Gasteiger partial charge is 0.467 e. The Hall–Kier alpha value is -3.08. The third kappa shape index (κ3) is 2.76. The average molecular weight is 319 g/mol. The van der Waals surface area contributed by atoms with Crippen molar-refractivity contribution in [3.8, 4) is 0 Å². The van der Waals surface area contributed by atoms with E-state index in [0.717, 1.165) is 24.4 Å². The number of aromatic nitrogens is 1. The molecular weight excluding hydrogens is 302 g/mol. The van der Waals surface area contributed by atoms with Crippen molar-refractivity contribution in [2.45, 2.75) is 13.0 Å². The number of carbonyl (C=O) groups is 1. The maximum atomic E-state index is 12.3. The molecule has 5 heteroatoms. The van der Waals surface area contributed by atoms with Crippen LogP contribution in [0.5, 0.6) is 0 Å². The number of nitrogens with zero attached hydrogens (tertiary/aromatic N) is 2. The lowest BCUT2D eigenvalue weighted by Gasteiger charge is -2.19. The van der Waals surface area contributed by atoms with E-state index < -0.39 is 0 Å². The van der Waals surface area contributed by atoms with E-state index in [-0.39, 0.29) is 5.91 Å². The predicted octanol–water partition coefficient (Wildman–Crippen LogP) is 3.30. The van der Waals surface area contributed by atoms with Crippen molar-refractivity contribution in [3.05, 3.63) is 78.0 Å². The van der Waals surface area contributed by atoms with Gasteiger partial charge in [0.25, 0.3) is 5.91 Å². The van der Waals surface area contributed by atoms with Gasteiger partial charge in [0.15, 0.2) is 0 Å². The fourth-order valence-corrected chi connectivity index (χ4v) is 2.99. The molecule has 24 heavy (non-hydrogen) atoms. The Morgan fingerprint density at radius 2 is 2.12 bits per heavy atom. The highest BCUT2D eigenvalue weighted by Gasteiger charge is 2.20. The molecule has 0 atom stereocenters. The van der Waals surface area contributed by atoms with Crippen molar-refractivity contribution in [2.24, 2.45) is 0 Å². The van der Waals surface area contributed by atoms with Gasteiger partial charge >= 0.3 is 0 Å². The number of anilines is 2. The number of para-hydroxylation sites is 1. The molecule has 1 N–H and O–H groups in total. The molecule has 0 radical (unpaired) electrons. The normalized spacial score (nSPS) is 12.9. The summed E-state index contributed by atoms with van der Waals surface area (Å²) in [6.45, 7) is 1.26. The molecule has 3 heterocycles. The van der Waals surface area contributed by atoms with Crippen LogP contribution < -0.4 is 10.2 Å². The van der Waals surface area contributed by atoms with E-state index in [9.17, 15) is 4.79 Å².